The highest BCUT2D eigenvalue weighted by atomic mass is 14.9. The topological polar surface area (TPSA) is 12.0 Å². The van der Waals surface area contributed by atoms with Crippen LogP contribution in [0.1, 0.15) is 86.0 Å². The van der Waals surface area contributed by atoms with Crippen LogP contribution in [0.2, 0.25) is 0 Å². The molecular weight excluding hydrogens is 254 g/mol. The third-order valence-electron chi connectivity index (χ3n) is 6.71. The maximum absolute atomic E-state index is 3.91. The average molecular weight is 294 g/mol. The van der Waals surface area contributed by atoms with Gasteiger partial charge in [0, 0.05) is 6.04 Å². The number of hydrogen-bond acceptors (Lipinski definition) is 1. The van der Waals surface area contributed by atoms with Crippen LogP contribution in [0, 0.1) is 29.1 Å². The van der Waals surface area contributed by atoms with Crippen molar-refractivity contribution in [3.63, 3.8) is 0 Å². The van der Waals surface area contributed by atoms with Crippen molar-refractivity contribution in [1.29, 1.82) is 0 Å². The first-order chi connectivity index (χ1) is 9.95. The van der Waals surface area contributed by atoms with Gasteiger partial charge in [-0.25, -0.2) is 0 Å². The first kappa shape index (κ1) is 17.3. The summed E-state index contributed by atoms with van der Waals surface area (Å²) in [6.45, 7) is 13.6. The van der Waals surface area contributed by atoms with Crippen LogP contribution in [0.15, 0.2) is 0 Å². The van der Waals surface area contributed by atoms with E-state index in [-0.39, 0.29) is 0 Å². The molecule has 2 aliphatic rings. The second kappa shape index (κ2) is 7.49. The van der Waals surface area contributed by atoms with Crippen molar-refractivity contribution >= 4 is 0 Å². The van der Waals surface area contributed by atoms with Crippen LogP contribution in [-0.2, 0) is 0 Å². The van der Waals surface area contributed by atoms with Crippen LogP contribution in [0.4, 0.5) is 0 Å². The Hall–Kier alpha value is -0.0400. The Kier molecular flexibility index (Phi) is 6.17. The molecule has 124 valence electrons. The molecule has 0 aromatic rings. The van der Waals surface area contributed by atoms with Crippen molar-refractivity contribution in [1.82, 2.24) is 5.32 Å². The third-order valence-corrected chi connectivity index (χ3v) is 6.71. The fourth-order valence-electron chi connectivity index (χ4n) is 5.24. The lowest BCUT2D eigenvalue weighted by Gasteiger charge is -2.50. The minimum Gasteiger partial charge on any atom is -0.314 e. The second-order valence-corrected chi connectivity index (χ2v) is 8.88. The van der Waals surface area contributed by atoms with E-state index in [2.05, 4.69) is 39.9 Å². The zero-order valence-corrected chi connectivity index (χ0v) is 15.3. The summed E-state index contributed by atoms with van der Waals surface area (Å²) in [7, 11) is 0. The number of hydrogen-bond donors (Lipinski definition) is 1. The van der Waals surface area contributed by atoms with Gasteiger partial charge in [0.15, 0.2) is 0 Å². The predicted octanol–water partition coefficient (Wildman–Crippen LogP) is 5.64. The molecule has 0 aromatic carbocycles. The molecule has 1 N–H and O–H groups in total. The third kappa shape index (κ3) is 4.24. The lowest BCUT2D eigenvalue weighted by atomic mass is 9.57. The van der Waals surface area contributed by atoms with Crippen LogP contribution in [0.3, 0.4) is 0 Å². The Morgan fingerprint density at radius 3 is 2.33 bits per heavy atom. The van der Waals surface area contributed by atoms with E-state index in [4.69, 9.17) is 0 Å². The highest BCUT2D eigenvalue weighted by Crippen LogP contribution is 2.50. The van der Waals surface area contributed by atoms with Gasteiger partial charge in [0.25, 0.3) is 0 Å². The zero-order valence-electron chi connectivity index (χ0n) is 15.3. The van der Waals surface area contributed by atoms with E-state index in [1.165, 1.54) is 57.9 Å². The van der Waals surface area contributed by atoms with Crippen LogP contribution in [0.5, 0.6) is 0 Å². The number of nitrogens with one attached hydrogen (secondary N) is 1. The van der Waals surface area contributed by atoms with Crippen molar-refractivity contribution < 1.29 is 0 Å². The van der Waals surface area contributed by atoms with Crippen molar-refractivity contribution in [2.45, 2.75) is 92.0 Å². The molecule has 5 atom stereocenters. The van der Waals surface area contributed by atoms with Crippen molar-refractivity contribution in [2.75, 3.05) is 6.54 Å². The van der Waals surface area contributed by atoms with Gasteiger partial charge in [-0.2, -0.15) is 0 Å². The van der Waals surface area contributed by atoms with E-state index in [1.54, 1.807) is 0 Å². The van der Waals surface area contributed by atoms with Gasteiger partial charge in [-0.05, 0) is 67.7 Å². The normalized spacial score (nSPS) is 38.4. The molecule has 0 aliphatic heterocycles. The maximum atomic E-state index is 3.91. The van der Waals surface area contributed by atoms with Crippen molar-refractivity contribution in [3.05, 3.63) is 0 Å². The van der Waals surface area contributed by atoms with Gasteiger partial charge < -0.3 is 5.32 Å². The standard InChI is InChI=1S/C20H39N/c1-6-12-21-19-14-16(3)10-11-18(19)20(4,5)17-9-7-8-15(2)13-17/h15-19,21H,6-14H2,1-5H3. The predicted molar refractivity (Wildman–Crippen MR) is 93.5 cm³/mol. The molecule has 0 amide bonds. The molecule has 2 aliphatic carbocycles. The van der Waals surface area contributed by atoms with Crippen LogP contribution >= 0.6 is 0 Å². The molecule has 2 fully saturated rings. The maximum Gasteiger partial charge on any atom is 0.0103 e. The summed E-state index contributed by atoms with van der Waals surface area (Å²) < 4.78 is 0. The fraction of sp³-hybridized carbons (Fsp3) is 1.00. The van der Waals surface area contributed by atoms with E-state index < -0.39 is 0 Å². The van der Waals surface area contributed by atoms with E-state index in [0.29, 0.717) is 5.41 Å². The van der Waals surface area contributed by atoms with Gasteiger partial charge in [-0.3, -0.25) is 0 Å². The molecule has 1 nitrogen and oxygen atoms in total. The minimum atomic E-state index is 0.514. The Morgan fingerprint density at radius 2 is 1.67 bits per heavy atom. The summed E-state index contributed by atoms with van der Waals surface area (Å²) in [4.78, 5) is 0. The SMILES string of the molecule is CCCNC1CC(C)CCC1C(C)(C)C1CCCC(C)C1. The summed E-state index contributed by atoms with van der Waals surface area (Å²) in [5.41, 5.74) is 0.514. The Bertz CT molecular complexity index is 309. The minimum absolute atomic E-state index is 0.514. The summed E-state index contributed by atoms with van der Waals surface area (Å²) in [5, 5.41) is 3.91. The molecular formula is C20H39N. The molecule has 21 heavy (non-hydrogen) atoms. The molecule has 1 heteroatoms. The van der Waals surface area contributed by atoms with Crippen molar-refractivity contribution in [2.24, 2.45) is 29.1 Å². The Labute approximate surface area is 133 Å². The summed E-state index contributed by atoms with van der Waals surface area (Å²) in [6.07, 6.45) is 11.4. The molecule has 0 heterocycles. The van der Waals surface area contributed by atoms with E-state index in [9.17, 15) is 0 Å². The van der Waals surface area contributed by atoms with E-state index in [0.717, 1.165) is 29.7 Å². The van der Waals surface area contributed by atoms with Gasteiger partial charge in [-0.15, -0.1) is 0 Å². The summed E-state index contributed by atoms with van der Waals surface area (Å²) in [6, 6.07) is 0.765. The highest BCUT2D eigenvalue weighted by molar-refractivity contribution is 4.96. The van der Waals surface area contributed by atoms with E-state index >= 15 is 0 Å². The van der Waals surface area contributed by atoms with Gasteiger partial charge in [0.05, 0.1) is 0 Å². The van der Waals surface area contributed by atoms with E-state index in [1.807, 2.05) is 0 Å². The largest absolute Gasteiger partial charge is 0.314 e. The highest BCUT2D eigenvalue weighted by Gasteiger charge is 2.43. The molecule has 5 unspecified atom stereocenters. The molecule has 0 bridgehead atoms. The van der Waals surface area contributed by atoms with Crippen molar-refractivity contribution in [3.8, 4) is 0 Å². The average Bonchev–Trinajstić information content (AvgIpc) is 2.45. The smallest absolute Gasteiger partial charge is 0.0103 e. The summed E-state index contributed by atoms with van der Waals surface area (Å²) >= 11 is 0. The Balaban J connectivity index is 2.07. The Morgan fingerprint density at radius 1 is 0.952 bits per heavy atom. The molecule has 0 aromatic heterocycles. The van der Waals surface area contributed by atoms with Crippen LogP contribution in [-0.4, -0.2) is 12.6 Å². The molecule has 0 radical (unpaired) electrons. The fourth-order valence-corrected chi connectivity index (χ4v) is 5.24. The van der Waals surface area contributed by atoms with Gasteiger partial charge >= 0.3 is 0 Å². The second-order valence-electron chi connectivity index (χ2n) is 8.88. The van der Waals surface area contributed by atoms with Gasteiger partial charge in [0.2, 0.25) is 0 Å². The zero-order chi connectivity index (χ0) is 15.5. The van der Waals surface area contributed by atoms with Gasteiger partial charge in [0.1, 0.15) is 0 Å². The van der Waals surface area contributed by atoms with Crippen LogP contribution in [0.25, 0.3) is 0 Å². The summed E-state index contributed by atoms with van der Waals surface area (Å²) in [5.74, 6) is 3.70. The molecule has 2 saturated carbocycles. The lowest BCUT2D eigenvalue weighted by molar-refractivity contribution is 0.0167. The lowest BCUT2D eigenvalue weighted by Crippen LogP contribution is -2.49. The van der Waals surface area contributed by atoms with Crippen LogP contribution < -0.4 is 5.32 Å². The molecule has 0 spiro atoms. The quantitative estimate of drug-likeness (QED) is 0.691. The monoisotopic (exact) mass is 293 g/mol. The first-order valence-electron chi connectivity index (χ1n) is 9.68. The molecule has 2 rings (SSSR count). The molecule has 0 saturated heterocycles. The number of rotatable bonds is 5. The first-order valence-corrected chi connectivity index (χ1v) is 9.68. The van der Waals surface area contributed by atoms with Gasteiger partial charge in [-0.1, -0.05) is 53.9 Å².